The van der Waals surface area contributed by atoms with Crippen LogP contribution in [-0.4, -0.2) is 60.2 Å². The van der Waals surface area contributed by atoms with Crippen molar-refractivity contribution in [3.05, 3.63) is 48.5 Å². The second-order valence-corrected chi connectivity index (χ2v) is 16.2. The molecule has 0 aromatic heterocycles. The molecule has 2 saturated carbocycles. The average molecular weight is 650 g/mol. The van der Waals surface area contributed by atoms with Gasteiger partial charge in [0.15, 0.2) is 0 Å². The number of carbonyl (C=O) groups is 4. The number of rotatable bonds is 9. The van der Waals surface area contributed by atoms with Crippen LogP contribution in [0.5, 0.6) is 0 Å². The van der Waals surface area contributed by atoms with Crippen LogP contribution in [0.2, 0.25) is 0 Å². The number of benzene rings is 2. The van der Waals surface area contributed by atoms with Gasteiger partial charge >= 0.3 is 234 Å². The predicted octanol–water partition coefficient (Wildman–Crippen LogP) is 2.62. The van der Waals surface area contributed by atoms with Crippen LogP contribution in [0.15, 0.2) is 48.5 Å². The first kappa shape index (κ1) is 28.4. The quantitative estimate of drug-likeness (QED) is 0.309. The van der Waals surface area contributed by atoms with Gasteiger partial charge in [0, 0.05) is 0 Å². The third-order valence-corrected chi connectivity index (χ3v) is 14.5. The molecule has 10 heteroatoms. The van der Waals surface area contributed by atoms with Crippen molar-refractivity contribution in [1.29, 1.82) is 0 Å². The van der Waals surface area contributed by atoms with E-state index in [4.69, 9.17) is 0 Å². The summed E-state index contributed by atoms with van der Waals surface area (Å²) < 4.78 is 2.40. The topological polar surface area (TPSA) is 133 Å². The number of hydrogen-bond acceptors (Lipinski definition) is 4. The Morgan fingerprint density at radius 2 is 0.868 bits per heavy atom. The van der Waals surface area contributed by atoms with Crippen molar-refractivity contribution in [1.82, 2.24) is 0 Å². The third-order valence-electron chi connectivity index (χ3n) is 7.32. The number of amides is 2. The van der Waals surface area contributed by atoms with Gasteiger partial charge in [-0.15, -0.1) is 0 Å². The maximum atomic E-state index is 12.7. The zero-order valence-electron chi connectivity index (χ0n) is 20.9. The van der Waals surface area contributed by atoms with Gasteiger partial charge in [-0.1, -0.05) is 0 Å². The van der Waals surface area contributed by atoms with Crippen molar-refractivity contribution in [3.63, 3.8) is 0 Å². The fraction of sp³-hybridized carbons (Fsp3) is 0.429. The molecule has 4 atom stereocenters. The Labute approximate surface area is 233 Å². The van der Waals surface area contributed by atoms with E-state index in [2.05, 4.69) is 10.6 Å². The fourth-order valence-electron chi connectivity index (χ4n) is 5.23. The molecule has 0 saturated heterocycles. The van der Waals surface area contributed by atoms with E-state index in [1.807, 2.05) is 48.5 Å². The molecular weight excluding hydrogens is 618 g/mol. The first-order chi connectivity index (χ1) is 18.3. The first-order valence-corrected chi connectivity index (χ1v) is 19.0. The molecule has 2 fully saturated rings. The van der Waals surface area contributed by atoms with E-state index in [1.165, 1.54) is 8.92 Å². The summed E-state index contributed by atoms with van der Waals surface area (Å²) in [5.74, 6) is -4.40. The molecule has 8 nitrogen and oxygen atoms in total. The Morgan fingerprint density at radius 1 is 0.553 bits per heavy atom. The van der Waals surface area contributed by atoms with E-state index in [0.29, 0.717) is 37.1 Å². The fourth-order valence-corrected chi connectivity index (χ4v) is 11.2. The van der Waals surface area contributed by atoms with Crippen LogP contribution in [0.3, 0.4) is 0 Å². The molecule has 2 aliphatic rings. The summed E-state index contributed by atoms with van der Waals surface area (Å²) >= 11 is 0.462. The summed E-state index contributed by atoms with van der Waals surface area (Å²) in [5.41, 5.74) is 1.36. The van der Waals surface area contributed by atoms with Crippen LogP contribution in [0.25, 0.3) is 0 Å². The summed E-state index contributed by atoms with van der Waals surface area (Å²) in [6.07, 6.45) is 5.78. The summed E-state index contributed by atoms with van der Waals surface area (Å²) in [7, 11) is 0. The Kier molecular flexibility index (Phi) is 10.0. The molecule has 0 bridgehead atoms. The van der Waals surface area contributed by atoms with Gasteiger partial charge in [-0.2, -0.15) is 0 Å². The molecule has 2 aliphatic carbocycles. The van der Waals surface area contributed by atoms with E-state index < -0.39 is 35.6 Å². The molecule has 0 heterocycles. The van der Waals surface area contributed by atoms with Gasteiger partial charge in [-0.25, -0.2) is 0 Å². The van der Waals surface area contributed by atoms with E-state index in [9.17, 15) is 29.4 Å². The number of aliphatic carboxylic acids is 2. The summed E-state index contributed by atoms with van der Waals surface area (Å²) in [6, 6.07) is 15.5. The molecule has 38 heavy (non-hydrogen) atoms. The SMILES string of the molecule is O=C(O)C1CCCCC1C(=O)Nc1ccc([Se][Se]c2ccc(NC(=O)C3CCCCC3C(=O)O)cc2)cc1. The second kappa shape index (κ2) is 13.4. The van der Waals surface area contributed by atoms with Crippen molar-refractivity contribution in [2.24, 2.45) is 23.7 Å². The summed E-state index contributed by atoms with van der Waals surface area (Å²) in [5, 5.41) is 24.7. The van der Waals surface area contributed by atoms with Crippen molar-refractivity contribution < 1.29 is 29.4 Å². The number of carboxylic acid groups (broad SMARTS) is 2. The summed E-state index contributed by atoms with van der Waals surface area (Å²) in [6.45, 7) is 0. The minimum absolute atomic E-state index is 0.214. The number of anilines is 2. The zero-order chi connectivity index (χ0) is 27.1. The van der Waals surface area contributed by atoms with E-state index in [1.54, 1.807) is 0 Å². The molecule has 4 N–H and O–H groups in total. The molecule has 0 radical (unpaired) electrons. The molecule has 4 rings (SSSR count). The van der Waals surface area contributed by atoms with Gasteiger partial charge in [0.05, 0.1) is 0 Å². The second-order valence-electron chi connectivity index (χ2n) is 9.87. The average Bonchev–Trinajstić information content (AvgIpc) is 2.93. The van der Waals surface area contributed by atoms with Crippen LogP contribution in [0.1, 0.15) is 51.4 Å². The van der Waals surface area contributed by atoms with Crippen molar-refractivity contribution in [3.8, 4) is 0 Å². The van der Waals surface area contributed by atoms with Crippen LogP contribution in [0, 0.1) is 23.7 Å². The van der Waals surface area contributed by atoms with Gasteiger partial charge in [-0.3, -0.25) is 0 Å². The Hall–Kier alpha value is -2.64. The van der Waals surface area contributed by atoms with Crippen LogP contribution in [0.4, 0.5) is 11.4 Å². The Bertz CT molecular complexity index is 1060. The molecule has 2 amide bonds. The van der Waals surface area contributed by atoms with E-state index in [-0.39, 0.29) is 38.1 Å². The molecule has 0 aliphatic heterocycles. The molecule has 202 valence electrons. The van der Waals surface area contributed by atoms with Crippen molar-refractivity contribution in [2.45, 2.75) is 51.4 Å². The van der Waals surface area contributed by atoms with Crippen LogP contribution < -0.4 is 19.6 Å². The van der Waals surface area contributed by atoms with Gasteiger partial charge in [-0.05, 0) is 0 Å². The van der Waals surface area contributed by atoms with Gasteiger partial charge in [0.2, 0.25) is 0 Å². The van der Waals surface area contributed by atoms with Gasteiger partial charge in [0.25, 0.3) is 0 Å². The standard InChI is InChI=1S/C28H32N2O6Se2/c31-25(21-5-1-3-7-23(21)27(33)34)29-17-9-13-19(14-10-17)37-38-20-15-11-18(12-16-20)30-26(32)22-6-2-4-8-24(22)28(35)36/h9-16,21-24H,1-8H2,(H,29,31)(H,30,32)(H,33,34)(H,35,36). The zero-order valence-corrected chi connectivity index (χ0v) is 24.4. The van der Waals surface area contributed by atoms with E-state index >= 15 is 0 Å². The molecule has 2 aromatic carbocycles. The summed E-state index contributed by atoms with van der Waals surface area (Å²) in [4.78, 5) is 48.4. The Morgan fingerprint density at radius 3 is 1.18 bits per heavy atom. The minimum atomic E-state index is -0.892. The first-order valence-electron chi connectivity index (χ1n) is 12.9. The number of hydrogen-bond donors (Lipinski definition) is 4. The molecule has 4 unspecified atom stereocenters. The van der Waals surface area contributed by atoms with Crippen molar-refractivity contribution in [2.75, 3.05) is 10.6 Å². The Balaban J connectivity index is 1.26. The predicted molar refractivity (Wildman–Crippen MR) is 147 cm³/mol. The number of nitrogens with one attached hydrogen (secondary N) is 2. The molecule has 2 aromatic rings. The number of carbonyl (C=O) groups excluding carboxylic acids is 2. The van der Waals surface area contributed by atoms with E-state index in [0.717, 1.165) is 25.7 Å². The third kappa shape index (κ3) is 7.47. The van der Waals surface area contributed by atoms with Crippen molar-refractivity contribution >= 4 is 70.3 Å². The number of carboxylic acids is 2. The normalized spacial score (nSPS) is 23.3. The van der Waals surface area contributed by atoms with Gasteiger partial charge < -0.3 is 0 Å². The monoisotopic (exact) mass is 652 g/mol. The van der Waals surface area contributed by atoms with Crippen LogP contribution >= 0.6 is 0 Å². The maximum absolute atomic E-state index is 12.7. The molecular formula is C28H32N2O6Se2. The van der Waals surface area contributed by atoms with Gasteiger partial charge in [0.1, 0.15) is 0 Å². The van der Waals surface area contributed by atoms with Crippen LogP contribution in [-0.2, 0) is 19.2 Å². The molecule has 0 spiro atoms.